The highest BCUT2D eigenvalue weighted by molar-refractivity contribution is 7.98. The summed E-state index contributed by atoms with van der Waals surface area (Å²) in [5.41, 5.74) is 3.10. The minimum absolute atomic E-state index is 0.0931. The lowest BCUT2D eigenvalue weighted by molar-refractivity contribution is -0.156. The third kappa shape index (κ3) is 7.42. The summed E-state index contributed by atoms with van der Waals surface area (Å²) in [6.07, 6.45) is 2.52. The predicted octanol–water partition coefficient (Wildman–Crippen LogP) is 6.36. The maximum absolute atomic E-state index is 13.2. The molecule has 1 N–H and O–H groups in total. The molecule has 0 radical (unpaired) electrons. The van der Waals surface area contributed by atoms with Gasteiger partial charge in [0.25, 0.3) is 0 Å². The smallest absolute Gasteiger partial charge is 0.409 e. The summed E-state index contributed by atoms with van der Waals surface area (Å²) in [7, 11) is 0. The molecule has 5 aromatic rings. The van der Waals surface area contributed by atoms with E-state index in [1.165, 1.54) is 0 Å². The normalized spacial score (nSPS) is 21.0. The van der Waals surface area contributed by atoms with Crippen LogP contribution in [0.4, 0.5) is 10.6 Å². The number of esters is 1. The quantitative estimate of drug-likeness (QED) is 0.0970. The van der Waals surface area contributed by atoms with E-state index in [-0.39, 0.29) is 44.2 Å². The fourth-order valence-corrected chi connectivity index (χ4v) is 7.89. The number of para-hydroxylation sites is 3. The van der Waals surface area contributed by atoms with Crippen molar-refractivity contribution in [3.8, 4) is 0 Å². The number of piperidine rings is 1. The molecule has 14 heteroatoms. The molecule has 2 unspecified atom stereocenters. The van der Waals surface area contributed by atoms with E-state index in [1.54, 1.807) is 21.6 Å². The fraction of sp³-hybridized carbons (Fsp3) is 0.500. The van der Waals surface area contributed by atoms with E-state index in [4.69, 9.17) is 33.6 Å². The number of rotatable bonds is 10. The van der Waals surface area contributed by atoms with Crippen molar-refractivity contribution < 1.29 is 33.3 Å². The standard InChI is InChI=1S/C38H46N6O7S/c1-23-20-42(16-15-27(23)44-28-13-8-7-12-26(28)39-36(44)52-5)37(47)49-18-10-17-48-22-31-40-32-25-11-6-9-14-30(25)50-33(32)34(41-31)43-21-24(45)19-29(43)35(46)51-38(2,3)4/h6-9,11-14,23-24,27,29,45H,10,15-22H2,1-5H3/t23?,24-,27?,29-/m0/s1. The van der Waals surface area contributed by atoms with E-state index in [0.29, 0.717) is 54.4 Å². The number of nitrogens with zero attached hydrogens (tertiary/aromatic N) is 6. The molecule has 5 heterocycles. The first-order valence-electron chi connectivity index (χ1n) is 17.9. The molecule has 0 aliphatic carbocycles. The molecule has 52 heavy (non-hydrogen) atoms. The average Bonchev–Trinajstić information content (AvgIpc) is 3.81. The Hall–Kier alpha value is -4.40. The molecule has 2 saturated heterocycles. The molecule has 2 fully saturated rings. The summed E-state index contributed by atoms with van der Waals surface area (Å²) in [6.45, 7) is 9.66. The second-order valence-corrected chi connectivity index (χ2v) is 15.4. The Morgan fingerprint density at radius 3 is 2.62 bits per heavy atom. The van der Waals surface area contributed by atoms with E-state index in [9.17, 15) is 14.7 Å². The van der Waals surface area contributed by atoms with Crippen molar-refractivity contribution >= 4 is 62.7 Å². The van der Waals surface area contributed by atoms with Crippen LogP contribution in [0.1, 0.15) is 58.8 Å². The summed E-state index contributed by atoms with van der Waals surface area (Å²) in [5, 5.41) is 12.4. The molecule has 2 aliphatic rings. The van der Waals surface area contributed by atoms with Gasteiger partial charge in [-0.25, -0.2) is 24.5 Å². The Kier molecular flexibility index (Phi) is 10.3. The third-order valence-corrected chi connectivity index (χ3v) is 10.2. The number of aliphatic hydroxyl groups is 1. The van der Waals surface area contributed by atoms with E-state index in [0.717, 1.165) is 28.0 Å². The van der Waals surface area contributed by atoms with Crippen molar-refractivity contribution in [2.24, 2.45) is 5.92 Å². The Labute approximate surface area is 306 Å². The number of likely N-dealkylation sites (tertiary alicyclic amines) is 1. The molecule has 13 nitrogen and oxygen atoms in total. The number of anilines is 1. The van der Waals surface area contributed by atoms with Crippen molar-refractivity contribution in [3.05, 3.63) is 54.4 Å². The van der Waals surface area contributed by atoms with Crippen LogP contribution in [0.2, 0.25) is 0 Å². The van der Waals surface area contributed by atoms with Crippen LogP contribution in [0.25, 0.3) is 33.1 Å². The van der Waals surface area contributed by atoms with Gasteiger partial charge in [0.15, 0.2) is 22.4 Å². The zero-order chi connectivity index (χ0) is 36.6. The first-order chi connectivity index (χ1) is 25.0. The van der Waals surface area contributed by atoms with Crippen molar-refractivity contribution in [1.29, 1.82) is 0 Å². The summed E-state index contributed by atoms with van der Waals surface area (Å²) >= 11 is 1.64. The summed E-state index contributed by atoms with van der Waals surface area (Å²) < 4.78 is 25.8. The molecule has 3 aromatic heterocycles. The number of furan rings is 1. The van der Waals surface area contributed by atoms with E-state index in [1.807, 2.05) is 69.5 Å². The zero-order valence-corrected chi connectivity index (χ0v) is 31.1. The van der Waals surface area contributed by atoms with Gasteiger partial charge in [-0.1, -0.05) is 43.0 Å². The first kappa shape index (κ1) is 36.0. The highest BCUT2D eigenvalue weighted by Gasteiger charge is 2.41. The molecule has 7 rings (SSSR count). The minimum Gasteiger partial charge on any atom is -0.458 e. The SMILES string of the molecule is CSc1nc2ccccc2n1C1CCN(C(=O)OCCCOCc2nc(N3C[C@@H](O)C[C@H]3C(=O)OC(C)(C)C)c3oc4ccccc4c3n2)CC1C. The molecular weight excluding hydrogens is 685 g/mol. The Balaban J connectivity index is 0.959. The number of β-amino-alcohol motifs (C(OH)–C–C–N with tert-alkyl or cyclic N) is 1. The highest BCUT2D eigenvalue weighted by Crippen LogP contribution is 2.37. The summed E-state index contributed by atoms with van der Waals surface area (Å²) in [5.74, 6) is 0.605. The van der Waals surface area contributed by atoms with Gasteiger partial charge < -0.3 is 38.1 Å². The number of thioether (sulfide) groups is 1. The number of carbonyl (C=O) groups excluding carboxylic acids is 2. The van der Waals surface area contributed by atoms with Gasteiger partial charge in [0.05, 0.1) is 30.4 Å². The largest absolute Gasteiger partial charge is 0.458 e. The van der Waals surface area contributed by atoms with Crippen LogP contribution in [-0.2, 0) is 25.6 Å². The van der Waals surface area contributed by atoms with Gasteiger partial charge in [-0.3, -0.25) is 0 Å². The van der Waals surface area contributed by atoms with Crippen LogP contribution < -0.4 is 4.90 Å². The van der Waals surface area contributed by atoms with Crippen molar-refractivity contribution in [3.63, 3.8) is 0 Å². The number of aromatic nitrogens is 4. The zero-order valence-electron chi connectivity index (χ0n) is 30.3. The van der Waals surface area contributed by atoms with E-state index < -0.39 is 23.7 Å². The average molecular weight is 731 g/mol. The minimum atomic E-state index is -0.742. The lowest BCUT2D eigenvalue weighted by atomic mass is 9.93. The maximum atomic E-state index is 13.2. The Morgan fingerprint density at radius 1 is 1.04 bits per heavy atom. The van der Waals surface area contributed by atoms with Crippen molar-refractivity contribution in [2.45, 2.75) is 82.5 Å². The number of aliphatic hydroxyl groups excluding tert-OH is 1. The van der Waals surface area contributed by atoms with Gasteiger partial charge in [-0.05, 0) is 63.6 Å². The molecule has 4 atom stereocenters. The number of fused-ring (bicyclic) bond motifs is 4. The monoisotopic (exact) mass is 730 g/mol. The third-order valence-electron chi connectivity index (χ3n) is 9.56. The van der Waals surface area contributed by atoms with Gasteiger partial charge in [0.2, 0.25) is 0 Å². The van der Waals surface area contributed by atoms with E-state index in [2.05, 4.69) is 17.6 Å². The van der Waals surface area contributed by atoms with Crippen molar-refractivity contribution in [1.82, 2.24) is 24.4 Å². The lowest BCUT2D eigenvalue weighted by Gasteiger charge is -2.37. The Bertz CT molecular complexity index is 2080. The molecule has 2 aliphatic heterocycles. The number of amides is 1. The molecular formula is C38H46N6O7S. The van der Waals surface area contributed by atoms with Gasteiger partial charge in [-0.2, -0.15) is 0 Å². The molecule has 1 amide bonds. The summed E-state index contributed by atoms with van der Waals surface area (Å²) in [4.78, 5) is 44.2. The molecule has 0 spiro atoms. The van der Waals surface area contributed by atoms with Crippen LogP contribution in [0.5, 0.6) is 0 Å². The van der Waals surface area contributed by atoms with Gasteiger partial charge in [0.1, 0.15) is 29.3 Å². The topological polar surface area (TPSA) is 145 Å². The van der Waals surface area contributed by atoms with Gasteiger partial charge in [0, 0.05) is 43.9 Å². The fourth-order valence-electron chi connectivity index (χ4n) is 7.27. The number of carbonyl (C=O) groups is 2. The highest BCUT2D eigenvalue weighted by atomic mass is 32.2. The second-order valence-electron chi connectivity index (χ2n) is 14.6. The summed E-state index contributed by atoms with van der Waals surface area (Å²) in [6, 6.07) is 15.3. The number of imidazole rings is 1. The lowest BCUT2D eigenvalue weighted by Crippen LogP contribution is -2.44. The van der Waals surface area contributed by atoms with Crippen molar-refractivity contribution in [2.75, 3.05) is 44.0 Å². The Morgan fingerprint density at radius 2 is 1.83 bits per heavy atom. The molecule has 2 aromatic carbocycles. The van der Waals surface area contributed by atoms with Crippen LogP contribution in [0, 0.1) is 5.92 Å². The number of ether oxygens (including phenoxy) is 3. The molecule has 276 valence electrons. The first-order valence-corrected chi connectivity index (χ1v) is 19.1. The predicted molar refractivity (Wildman–Crippen MR) is 198 cm³/mol. The van der Waals surface area contributed by atoms with Crippen LogP contribution in [0.3, 0.4) is 0 Å². The van der Waals surface area contributed by atoms with E-state index >= 15 is 0 Å². The maximum Gasteiger partial charge on any atom is 0.409 e. The number of hydrogen-bond donors (Lipinski definition) is 1. The number of benzene rings is 2. The van der Waals surface area contributed by atoms with Crippen LogP contribution >= 0.6 is 11.8 Å². The molecule has 0 saturated carbocycles. The van der Waals surface area contributed by atoms with Crippen LogP contribution in [-0.4, -0.2) is 98.4 Å². The number of hydrogen-bond acceptors (Lipinski definition) is 12. The molecule has 0 bridgehead atoms. The second kappa shape index (κ2) is 14.9. The van der Waals surface area contributed by atoms with Gasteiger partial charge >= 0.3 is 12.1 Å². The van der Waals surface area contributed by atoms with Gasteiger partial charge in [-0.15, -0.1) is 0 Å². The van der Waals surface area contributed by atoms with Crippen LogP contribution in [0.15, 0.2) is 58.1 Å².